The van der Waals surface area contributed by atoms with Crippen molar-refractivity contribution in [3.8, 4) is 22.3 Å². The molecule has 58 heavy (non-hydrogen) atoms. The van der Waals surface area contributed by atoms with Crippen molar-refractivity contribution in [2.45, 2.75) is 75.0 Å². The lowest BCUT2D eigenvalue weighted by Crippen LogP contribution is -2.55. The molecule has 0 atom stereocenters. The predicted octanol–water partition coefficient (Wildman–Crippen LogP) is 14.5. The number of hydrogen-bond acceptors (Lipinski definition) is 2. The summed E-state index contributed by atoms with van der Waals surface area (Å²) in [5, 5.41) is 2.36. The van der Waals surface area contributed by atoms with Gasteiger partial charge in [0.2, 0.25) is 0 Å². The normalized spacial score (nSPS) is 33.7. The van der Waals surface area contributed by atoms with Gasteiger partial charge in [-0.15, -0.1) is 0 Å². The van der Waals surface area contributed by atoms with Crippen LogP contribution in [0.5, 0.6) is 0 Å². The summed E-state index contributed by atoms with van der Waals surface area (Å²) in [5.74, 6) is 6.82. The second kappa shape index (κ2) is 10.9. The van der Waals surface area contributed by atoms with Crippen LogP contribution in [0.25, 0.3) is 44.2 Å². The molecule has 7 aromatic rings. The topological polar surface area (TPSA) is 16.4 Å². The average Bonchev–Trinajstić information content (AvgIpc) is 3.86. The van der Waals surface area contributed by atoms with Crippen molar-refractivity contribution < 1.29 is 4.42 Å². The van der Waals surface area contributed by atoms with Crippen molar-refractivity contribution in [3.63, 3.8) is 0 Å². The Balaban J connectivity index is 0.946. The first-order chi connectivity index (χ1) is 28.6. The smallest absolute Gasteiger partial charge is 0.135 e. The molecule has 0 saturated heterocycles. The van der Waals surface area contributed by atoms with Crippen LogP contribution in [0.2, 0.25) is 0 Å². The van der Waals surface area contributed by atoms with E-state index in [0.717, 1.165) is 58.5 Å². The Morgan fingerprint density at radius 1 is 0.362 bits per heavy atom. The molecule has 2 nitrogen and oxygen atoms in total. The van der Waals surface area contributed by atoms with Gasteiger partial charge in [0.15, 0.2) is 0 Å². The zero-order chi connectivity index (χ0) is 37.5. The number of benzene rings is 6. The molecule has 10 aliphatic rings. The molecule has 8 fully saturated rings. The van der Waals surface area contributed by atoms with Gasteiger partial charge in [0.25, 0.3) is 0 Å². The molecule has 2 heteroatoms. The van der Waals surface area contributed by atoms with E-state index < -0.39 is 0 Å². The van der Waals surface area contributed by atoms with E-state index >= 15 is 0 Å². The Hall–Kier alpha value is -5.08. The number of fused-ring (bicyclic) bond motifs is 9. The van der Waals surface area contributed by atoms with E-state index in [0.29, 0.717) is 0 Å². The van der Waals surface area contributed by atoms with Crippen LogP contribution in [0.3, 0.4) is 0 Å². The molecule has 0 N–H and O–H groups in total. The number of para-hydroxylation sites is 1. The summed E-state index contributed by atoms with van der Waals surface area (Å²) in [7, 11) is 0. The van der Waals surface area contributed by atoms with E-state index in [1.54, 1.807) is 22.3 Å². The van der Waals surface area contributed by atoms with Crippen molar-refractivity contribution in [2.24, 2.45) is 47.3 Å². The first-order valence-corrected chi connectivity index (χ1v) is 22.8. The fourth-order valence-corrected chi connectivity index (χ4v) is 16.9. The molecule has 1 heterocycles. The largest absolute Gasteiger partial charge is 0.456 e. The van der Waals surface area contributed by atoms with Crippen LogP contribution in [0.1, 0.15) is 86.5 Å². The molecule has 2 spiro atoms. The predicted molar refractivity (Wildman–Crippen MR) is 235 cm³/mol. The lowest BCUT2D eigenvalue weighted by Gasteiger charge is -2.61. The molecular weight excluding hydrogens is 703 g/mol. The van der Waals surface area contributed by atoms with Crippen molar-refractivity contribution in [3.05, 3.63) is 150 Å². The number of nitrogens with zero attached hydrogens (tertiary/aromatic N) is 1. The van der Waals surface area contributed by atoms with Gasteiger partial charge in [-0.2, -0.15) is 0 Å². The van der Waals surface area contributed by atoms with Gasteiger partial charge in [0.1, 0.15) is 11.2 Å². The van der Waals surface area contributed by atoms with Gasteiger partial charge in [-0.25, -0.2) is 0 Å². The van der Waals surface area contributed by atoms with Crippen LogP contribution in [0, 0.1) is 47.3 Å². The van der Waals surface area contributed by atoms with E-state index in [2.05, 4.69) is 132 Å². The number of rotatable bonds is 3. The monoisotopic (exact) mass is 751 g/mol. The molecule has 8 bridgehead atoms. The summed E-state index contributed by atoms with van der Waals surface area (Å²) in [6, 6.07) is 49.9. The highest BCUT2D eigenvalue weighted by Crippen LogP contribution is 2.71. The van der Waals surface area contributed by atoms with E-state index in [9.17, 15) is 0 Å². The fourth-order valence-electron chi connectivity index (χ4n) is 16.9. The van der Waals surface area contributed by atoms with Gasteiger partial charge in [-0.05, 0) is 205 Å². The van der Waals surface area contributed by atoms with Gasteiger partial charge in [0, 0.05) is 38.7 Å². The number of anilines is 3. The van der Waals surface area contributed by atoms with Crippen molar-refractivity contribution in [1.29, 1.82) is 0 Å². The molecule has 17 rings (SSSR count). The number of furan rings is 1. The molecular formula is C56H49NO. The van der Waals surface area contributed by atoms with Gasteiger partial charge in [-0.1, -0.05) is 78.9 Å². The lowest BCUT2D eigenvalue weighted by molar-refractivity contribution is -0.0399. The van der Waals surface area contributed by atoms with Crippen LogP contribution in [-0.2, 0) is 10.8 Å². The molecule has 10 aliphatic carbocycles. The van der Waals surface area contributed by atoms with E-state index in [-0.39, 0.29) is 10.8 Å². The summed E-state index contributed by atoms with van der Waals surface area (Å²) < 4.78 is 6.40. The van der Waals surface area contributed by atoms with Gasteiger partial charge >= 0.3 is 0 Å². The SMILES string of the molecule is c1ccc2c(c1)-c1cc(N(c3ccc4c(c3)-c3ccccc3C43C4CC5CC(C4)CC3C5)c3ccc4oc5ccccc5c4c3)ccc1C21C2CC3CC(C2)CC1C3. The second-order valence-electron chi connectivity index (χ2n) is 20.5. The van der Waals surface area contributed by atoms with Gasteiger partial charge < -0.3 is 9.32 Å². The zero-order valence-corrected chi connectivity index (χ0v) is 33.2. The first kappa shape index (κ1) is 31.9. The Labute approximate surface area is 341 Å². The molecule has 284 valence electrons. The van der Waals surface area contributed by atoms with Crippen molar-refractivity contribution >= 4 is 39.0 Å². The summed E-state index contributed by atoms with van der Waals surface area (Å²) in [4.78, 5) is 2.58. The average molecular weight is 752 g/mol. The molecule has 8 saturated carbocycles. The summed E-state index contributed by atoms with van der Waals surface area (Å²) in [5.41, 5.74) is 18.3. The maximum Gasteiger partial charge on any atom is 0.135 e. The minimum absolute atomic E-state index is 0.168. The molecule has 1 aromatic heterocycles. The quantitative estimate of drug-likeness (QED) is 0.179. The van der Waals surface area contributed by atoms with E-state index in [1.165, 1.54) is 114 Å². The van der Waals surface area contributed by atoms with E-state index in [4.69, 9.17) is 4.42 Å². The van der Waals surface area contributed by atoms with Crippen LogP contribution in [-0.4, -0.2) is 0 Å². The highest BCUT2D eigenvalue weighted by Gasteiger charge is 2.63. The van der Waals surface area contributed by atoms with Gasteiger partial charge in [-0.3, -0.25) is 0 Å². The summed E-state index contributed by atoms with van der Waals surface area (Å²) in [6.45, 7) is 0. The first-order valence-electron chi connectivity index (χ1n) is 22.8. The maximum atomic E-state index is 6.40. The third kappa shape index (κ3) is 3.79. The molecule has 0 radical (unpaired) electrons. The third-order valence-corrected chi connectivity index (χ3v) is 18.2. The maximum absolute atomic E-state index is 6.40. The molecule has 6 aromatic carbocycles. The Morgan fingerprint density at radius 3 is 1.31 bits per heavy atom. The van der Waals surface area contributed by atoms with Crippen LogP contribution < -0.4 is 4.90 Å². The van der Waals surface area contributed by atoms with E-state index in [1.807, 2.05) is 0 Å². The zero-order valence-electron chi connectivity index (χ0n) is 33.2. The Kier molecular flexibility index (Phi) is 6.01. The van der Waals surface area contributed by atoms with Gasteiger partial charge in [0.05, 0.1) is 0 Å². The summed E-state index contributed by atoms with van der Waals surface area (Å²) >= 11 is 0. The van der Waals surface area contributed by atoms with Crippen molar-refractivity contribution in [1.82, 2.24) is 0 Å². The molecule has 0 aliphatic heterocycles. The number of hydrogen-bond donors (Lipinski definition) is 0. The van der Waals surface area contributed by atoms with Crippen LogP contribution in [0.4, 0.5) is 17.1 Å². The Morgan fingerprint density at radius 2 is 0.776 bits per heavy atom. The Bertz CT molecular complexity index is 2710. The third-order valence-electron chi connectivity index (χ3n) is 18.2. The fraction of sp³-hybridized carbons (Fsp3) is 0.357. The van der Waals surface area contributed by atoms with Crippen LogP contribution >= 0.6 is 0 Å². The lowest BCUT2D eigenvalue weighted by atomic mass is 9.43. The highest BCUT2D eigenvalue weighted by molar-refractivity contribution is 6.06. The standard InChI is InChI=1S/C56H49NO/c1-4-10-49-43(7-1)46-29-40(13-16-51(46)55(49)36-21-32-19-33(23-36)24-37(55)22-32)57(42-15-18-54-48(31-42)45-9-3-6-12-53(45)58-54)41-14-17-52-47(30-41)44-8-2-5-11-50(44)56(52)38-25-34-20-35(27-38)28-39(56)26-34/h1-18,29-39H,19-28H2. The minimum Gasteiger partial charge on any atom is -0.456 e. The second-order valence-corrected chi connectivity index (χ2v) is 20.5. The van der Waals surface area contributed by atoms with Crippen molar-refractivity contribution in [2.75, 3.05) is 4.90 Å². The molecule has 0 amide bonds. The highest BCUT2D eigenvalue weighted by atomic mass is 16.3. The van der Waals surface area contributed by atoms with Crippen LogP contribution in [0.15, 0.2) is 132 Å². The molecule has 0 unspecified atom stereocenters. The minimum atomic E-state index is 0.168. The summed E-state index contributed by atoms with van der Waals surface area (Å²) in [6.07, 6.45) is 14.3.